The number of benzene rings is 1. The standard InChI is InChI=1S/C19H26ClN3O4/c1-12(2)11-27-18(25)9-16-19(26)21-6-7-23(16)10-17(24)22-15-8-14(20)5-4-13(15)3/h4-5,8,12,16H,6-7,9-11H2,1-3H3,(H,21,26)(H,22,24). The highest BCUT2D eigenvalue weighted by Gasteiger charge is 2.33. The van der Waals surface area contributed by atoms with E-state index >= 15 is 0 Å². The van der Waals surface area contributed by atoms with Gasteiger partial charge in [-0.15, -0.1) is 0 Å². The van der Waals surface area contributed by atoms with Gasteiger partial charge in [0.25, 0.3) is 0 Å². The van der Waals surface area contributed by atoms with Gasteiger partial charge in [0.15, 0.2) is 0 Å². The number of halogens is 1. The molecule has 2 amide bonds. The summed E-state index contributed by atoms with van der Waals surface area (Å²) >= 11 is 5.98. The van der Waals surface area contributed by atoms with E-state index in [2.05, 4.69) is 10.6 Å². The number of nitrogens with zero attached hydrogens (tertiary/aromatic N) is 1. The zero-order valence-electron chi connectivity index (χ0n) is 15.9. The van der Waals surface area contributed by atoms with Crippen molar-refractivity contribution in [3.8, 4) is 0 Å². The zero-order chi connectivity index (χ0) is 20.0. The Bertz CT molecular complexity index is 708. The number of nitrogens with one attached hydrogen (secondary N) is 2. The van der Waals surface area contributed by atoms with Gasteiger partial charge in [0.05, 0.1) is 19.6 Å². The van der Waals surface area contributed by atoms with Crippen molar-refractivity contribution in [3.63, 3.8) is 0 Å². The molecule has 1 fully saturated rings. The van der Waals surface area contributed by atoms with Crippen LogP contribution in [0.25, 0.3) is 0 Å². The molecular weight excluding hydrogens is 370 g/mol. The summed E-state index contributed by atoms with van der Waals surface area (Å²) in [7, 11) is 0. The van der Waals surface area contributed by atoms with E-state index in [9.17, 15) is 14.4 Å². The minimum absolute atomic E-state index is 0.00149. The number of amides is 2. The normalized spacial score (nSPS) is 17.5. The third kappa shape index (κ3) is 6.52. The molecule has 27 heavy (non-hydrogen) atoms. The molecule has 1 saturated heterocycles. The summed E-state index contributed by atoms with van der Waals surface area (Å²) in [6, 6.07) is 4.53. The quantitative estimate of drug-likeness (QED) is 0.689. The minimum atomic E-state index is -0.718. The minimum Gasteiger partial charge on any atom is -0.465 e. The second kappa shape index (κ2) is 9.71. The molecule has 0 aliphatic carbocycles. The molecular formula is C19H26ClN3O4. The maximum atomic E-state index is 12.5. The first-order valence-corrected chi connectivity index (χ1v) is 9.37. The molecule has 0 saturated carbocycles. The Morgan fingerprint density at radius 2 is 2.15 bits per heavy atom. The van der Waals surface area contributed by atoms with Gasteiger partial charge in [-0.25, -0.2) is 0 Å². The van der Waals surface area contributed by atoms with Crippen LogP contribution >= 0.6 is 11.6 Å². The third-order valence-corrected chi connectivity index (χ3v) is 4.43. The molecule has 1 aromatic rings. The summed E-state index contributed by atoms with van der Waals surface area (Å²) in [6.45, 7) is 6.97. The van der Waals surface area contributed by atoms with Crippen LogP contribution in [-0.4, -0.2) is 55.0 Å². The van der Waals surface area contributed by atoms with Crippen molar-refractivity contribution >= 4 is 35.1 Å². The first-order chi connectivity index (χ1) is 12.8. The van der Waals surface area contributed by atoms with E-state index in [1.807, 2.05) is 26.8 Å². The number of hydrogen-bond donors (Lipinski definition) is 2. The molecule has 1 aliphatic rings. The lowest BCUT2D eigenvalue weighted by molar-refractivity contribution is -0.149. The smallest absolute Gasteiger partial charge is 0.307 e. The molecule has 8 heteroatoms. The van der Waals surface area contributed by atoms with Gasteiger partial charge in [-0.05, 0) is 30.5 Å². The van der Waals surface area contributed by atoms with Crippen molar-refractivity contribution in [2.45, 2.75) is 33.2 Å². The van der Waals surface area contributed by atoms with E-state index in [-0.39, 0.29) is 30.7 Å². The number of aryl methyl sites for hydroxylation is 1. The molecule has 1 heterocycles. The maximum Gasteiger partial charge on any atom is 0.307 e. The van der Waals surface area contributed by atoms with Gasteiger partial charge in [-0.3, -0.25) is 19.3 Å². The fourth-order valence-corrected chi connectivity index (χ4v) is 2.92. The highest BCUT2D eigenvalue weighted by atomic mass is 35.5. The second-order valence-electron chi connectivity index (χ2n) is 7.07. The Hall–Kier alpha value is -2.12. The fraction of sp³-hybridized carbons (Fsp3) is 0.526. The van der Waals surface area contributed by atoms with Crippen LogP contribution in [0, 0.1) is 12.8 Å². The summed E-state index contributed by atoms with van der Waals surface area (Å²) in [5.41, 5.74) is 1.51. The molecule has 148 valence electrons. The number of hydrogen-bond acceptors (Lipinski definition) is 5. The zero-order valence-corrected chi connectivity index (χ0v) is 16.6. The number of esters is 1. The van der Waals surface area contributed by atoms with Gasteiger partial charge in [0.2, 0.25) is 11.8 Å². The molecule has 2 N–H and O–H groups in total. The van der Waals surface area contributed by atoms with E-state index in [0.29, 0.717) is 30.4 Å². The van der Waals surface area contributed by atoms with Crippen molar-refractivity contribution in [2.24, 2.45) is 5.92 Å². The molecule has 2 rings (SSSR count). The Balaban J connectivity index is 1.98. The molecule has 0 aromatic heterocycles. The van der Waals surface area contributed by atoms with Gasteiger partial charge in [-0.1, -0.05) is 31.5 Å². The van der Waals surface area contributed by atoms with Crippen LogP contribution in [0.4, 0.5) is 5.69 Å². The average molecular weight is 396 g/mol. The van der Waals surface area contributed by atoms with Gasteiger partial charge in [-0.2, -0.15) is 0 Å². The third-order valence-electron chi connectivity index (χ3n) is 4.20. The molecule has 1 aliphatic heterocycles. The lowest BCUT2D eigenvalue weighted by atomic mass is 10.1. The Morgan fingerprint density at radius 1 is 1.41 bits per heavy atom. The molecule has 0 radical (unpaired) electrons. The topological polar surface area (TPSA) is 87.7 Å². The van der Waals surface area contributed by atoms with Crippen LogP contribution in [-0.2, 0) is 19.1 Å². The van der Waals surface area contributed by atoms with Gasteiger partial charge < -0.3 is 15.4 Å². The van der Waals surface area contributed by atoms with E-state index < -0.39 is 12.0 Å². The van der Waals surface area contributed by atoms with E-state index in [1.54, 1.807) is 17.0 Å². The number of anilines is 1. The van der Waals surface area contributed by atoms with Crippen molar-refractivity contribution in [1.29, 1.82) is 0 Å². The number of rotatable bonds is 7. The summed E-state index contributed by atoms with van der Waals surface area (Å²) in [6.07, 6.45) is -0.0813. The number of carbonyl (C=O) groups excluding carboxylic acids is 3. The summed E-state index contributed by atoms with van der Waals surface area (Å²) in [5, 5.41) is 6.08. The average Bonchev–Trinajstić information content (AvgIpc) is 2.59. The van der Waals surface area contributed by atoms with Gasteiger partial charge in [0, 0.05) is 23.8 Å². The molecule has 1 atom stereocenters. The lowest BCUT2D eigenvalue weighted by Crippen LogP contribution is -2.57. The van der Waals surface area contributed by atoms with Crippen LogP contribution < -0.4 is 10.6 Å². The highest BCUT2D eigenvalue weighted by molar-refractivity contribution is 6.31. The van der Waals surface area contributed by atoms with Crippen LogP contribution in [0.15, 0.2) is 18.2 Å². The molecule has 1 aromatic carbocycles. The van der Waals surface area contributed by atoms with E-state index in [0.717, 1.165) is 5.56 Å². The van der Waals surface area contributed by atoms with Crippen molar-refractivity contribution in [3.05, 3.63) is 28.8 Å². The second-order valence-corrected chi connectivity index (χ2v) is 7.50. The van der Waals surface area contributed by atoms with Crippen LogP contribution in [0.3, 0.4) is 0 Å². The first-order valence-electron chi connectivity index (χ1n) is 8.99. The SMILES string of the molecule is Cc1ccc(Cl)cc1NC(=O)CN1CCNC(=O)C1CC(=O)OCC(C)C. The van der Waals surface area contributed by atoms with E-state index in [4.69, 9.17) is 16.3 Å². The summed E-state index contributed by atoms with van der Waals surface area (Å²) in [5.74, 6) is -0.760. The van der Waals surface area contributed by atoms with E-state index in [1.165, 1.54) is 0 Å². The molecule has 0 bridgehead atoms. The Morgan fingerprint density at radius 3 is 2.85 bits per heavy atom. The summed E-state index contributed by atoms with van der Waals surface area (Å²) < 4.78 is 5.17. The van der Waals surface area contributed by atoms with Crippen molar-refractivity contribution < 1.29 is 19.1 Å². The molecule has 0 spiro atoms. The highest BCUT2D eigenvalue weighted by Crippen LogP contribution is 2.20. The first kappa shape index (κ1) is 21.2. The monoisotopic (exact) mass is 395 g/mol. The lowest BCUT2D eigenvalue weighted by Gasteiger charge is -2.34. The van der Waals surface area contributed by atoms with Crippen LogP contribution in [0.2, 0.25) is 5.02 Å². The van der Waals surface area contributed by atoms with Gasteiger partial charge >= 0.3 is 5.97 Å². The van der Waals surface area contributed by atoms with Crippen LogP contribution in [0.1, 0.15) is 25.8 Å². The summed E-state index contributed by atoms with van der Waals surface area (Å²) in [4.78, 5) is 38.4. The number of carbonyl (C=O) groups is 3. The maximum absolute atomic E-state index is 12.5. The number of ether oxygens (including phenoxy) is 1. The predicted molar refractivity (Wildman–Crippen MR) is 104 cm³/mol. The van der Waals surface area contributed by atoms with Crippen molar-refractivity contribution in [2.75, 3.05) is 31.6 Å². The Labute approximate surface area is 164 Å². The number of piperazine rings is 1. The predicted octanol–water partition coefficient (Wildman–Crippen LogP) is 1.98. The van der Waals surface area contributed by atoms with Crippen molar-refractivity contribution in [1.82, 2.24) is 10.2 Å². The van der Waals surface area contributed by atoms with Crippen LogP contribution in [0.5, 0.6) is 0 Å². The molecule has 7 nitrogen and oxygen atoms in total. The fourth-order valence-electron chi connectivity index (χ4n) is 2.75. The van der Waals surface area contributed by atoms with Gasteiger partial charge in [0.1, 0.15) is 6.04 Å². The molecule has 1 unspecified atom stereocenters. The largest absolute Gasteiger partial charge is 0.465 e. The Kier molecular flexibility index (Phi) is 7.62.